The normalized spacial score (nSPS) is 13.3. The molecule has 100 valence electrons. The lowest BCUT2D eigenvalue weighted by atomic mass is 10.1. The van der Waals surface area contributed by atoms with Crippen LogP contribution in [0.3, 0.4) is 0 Å². The van der Waals surface area contributed by atoms with Crippen molar-refractivity contribution in [3.63, 3.8) is 0 Å². The first-order valence-corrected chi connectivity index (χ1v) is 6.32. The molecule has 0 aromatic carbocycles. The molecule has 0 aromatic heterocycles. The molecule has 0 radical (unpaired) electrons. The third kappa shape index (κ3) is 7.49. The van der Waals surface area contributed by atoms with E-state index in [1.807, 2.05) is 31.6 Å². The monoisotopic (exact) mass is 247 g/mol. The van der Waals surface area contributed by atoms with Gasteiger partial charge in [0.2, 0.25) is 0 Å². The summed E-state index contributed by atoms with van der Waals surface area (Å²) in [6, 6.07) is 0. The molecule has 3 heteroatoms. The summed E-state index contributed by atoms with van der Waals surface area (Å²) in [5, 5.41) is 6.25. The molecule has 0 aromatic rings. The summed E-state index contributed by atoms with van der Waals surface area (Å²) >= 11 is 0. The van der Waals surface area contributed by atoms with E-state index in [9.17, 15) is 0 Å². The Hall–Kier alpha value is -1.77. The Labute approximate surface area is 111 Å². The summed E-state index contributed by atoms with van der Waals surface area (Å²) < 4.78 is 0. The van der Waals surface area contributed by atoms with Crippen LogP contribution < -0.4 is 10.6 Å². The van der Waals surface area contributed by atoms with Crippen LogP contribution >= 0.6 is 0 Å². The fraction of sp³-hybridized carbons (Fsp3) is 0.400. The zero-order valence-electron chi connectivity index (χ0n) is 11.7. The van der Waals surface area contributed by atoms with Crippen LogP contribution in [0.1, 0.15) is 19.8 Å². The van der Waals surface area contributed by atoms with Gasteiger partial charge < -0.3 is 10.6 Å². The van der Waals surface area contributed by atoms with Crippen LogP contribution in [0, 0.1) is 0 Å². The third-order valence-corrected chi connectivity index (χ3v) is 2.31. The fourth-order valence-corrected chi connectivity index (χ4v) is 1.32. The highest BCUT2D eigenvalue weighted by Crippen LogP contribution is 2.07. The lowest BCUT2D eigenvalue weighted by Crippen LogP contribution is -2.06. The number of hydrogen-bond donors (Lipinski definition) is 2. The van der Waals surface area contributed by atoms with Crippen molar-refractivity contribution in [3.8, 4) is 0 Å². The lowest BCUT2D eigenvalue weighted by molar-refractivity contribution is 0.735. The van der Waals surface area contributed by atoms with Gasteiger partial charge in [0.1, 0.15) is 0 Å². The summed E-state index contributed by atoms with van der Waals surface area (Å²) in [4.78, 5) is 4.03. The largest absolute Gasteiger partial charge is 0.394 e. The van der Waals surface area contributed by atoms with Crippen LogP contribution in [-0.4, -0.2) is 26.9 Å². The fourth-order valence-electron chi connectivity index (χ4n) is 1.32. The van der Waals surface area contributed by atoms with E-state index < -0.39 is 0 Å². The van der Waals surface area contributed by atoms with Gasteiger partial charge in [-0.3, -0.25) is 4.99 Å². The van der Waals surface area contributed by atoms with Crippen molar-refractivity contribution in [2.75, 3.05) is 20.6 Å². The Balaban J connectivity index is 4.77. The molecule has 0 atom stereocenters. The molecule has 2 N–H and O–H groups in total. The van der Waals surface area contributed by atoms with Gasteiger partial charge >= 0.3 is 0 Å². The van der Waals surface area contributed by atoms with Crippen molar-refractivity contribution in [1.82, 2.24) is 10.6 Å². The smallest absolute Gasteiger partial charge is 0.0287 e. The van der Waals surface area contributed by atoms with Crippen molar-refractivity contribution in [2.24, 2.45) is 4.99 Å². The van der Waals surface area contributed by atoms with Gasteiger partial charge in [-0.05, 0) is 42.1 Å². The maximum absolute atomic E-state index is 4.03. The number of unbranched alkanes of at least 4 members (excludes halogenated alkanes) is 1. The molecule has 0 aliphatic heterocycles. The van der Waals surface area contributed by atoms with Gasteiger partial charge in [0.05, 0.1) is 0 Å². The summed E-state index contributed by atoms with van der Waals surface area (Å²) in [6.45, 7) is 6.99. The van der Waals surface area contributed by atoms with Crippen LogP contribution in [0.15, 0.2) is 53.3 Å². The van der Waals surface area contributed by atoms with Crippen molar-refractivity contribution >= 4 is 6.21 Å². The number of hydrogen-bond acceptors (Lipinski definition) is 3. The van der Waals surface area contributed by atoms with E-state index >= 15 is 0 Å². The molecule has 0 fully saturated rings. The molecule has 0 saturated heterocycles. The molecule has 0 bridgehead atoms. The third-order valence-electron chi connectivity index (χ3n) is 2.31. The zero-order chi connectivity index (χ0) is 13.6. The first-order chi connectivity index (χ1) is 8.79. The van der Waals surface area contributed by atoms with Crippen molar-refractivity contribution in [2.45, 2.75) is 19.8 Å². The number of allylic oxidation sites excluding steroid dienone is 5. The standard InChI is InChI=1S/C15H25N3/c1-5-7-10-18-12-9-15(8-11-16-3)14(6-2)13-17-4/h6,8-9,11-13,16,18H,2,5,7,10H2,1,3-4H3/b11-8?,12-9+,15-14?,17-13?. The minimum atomic E-state index is 0.998. The van der Waals surface area contributed by atoms with Gasteiger partial charge in [0.15, 0.2) is 0 Å². The molecule has 0 amide bonds. The van der Waals surface area contributed by atoms with Gasteiger partial charge in [-0.25, -0.2) is 0 Å². The van der Waals surface area contributed by atoms with Gasteiger partial charge in [0, 0.05) is 26.9 Å². The predicted octanol–water partition coefficient (Wildman–Crippen LogP) is 2.81. The average molecular weight is 247 g/mol. The summed E-state index contributed by atoms with van der Waals surface area (Å²) in [6.07, 6.45) is 13.9. The SMILES string of the molecule is C=CC(C=NC)=C(C=CNC)/C=C/NCCCC. The van der Waals surface area contributed by atoms with Crippen LogP contribution in [0.4, 0.5) is 0 Å². The number of nitrogens with one attached hydrogen (secondary N) is 2. The van der Waals surface area contributed by atoms with E-state index in [4.69, 9.17) is 0 Å². The van der Waals surface area contributed by atoms with E-state index in [1.54, 1.807) is 19.3 Å². The number of rotatable bonds is 9. The maximum atomic E-state index is 4.03. The summed E-state index contributed by atoms with van der Waals surface area (Å²) in [7, 11) is 3.63. The highest BCUT2D eigenvalue weighted by molar-refractivity contribution is 5.84. The van der Waals surface area contributed by atoms with Crippen LogP contribution in [0.5, 0.6) is 0 Å². The Morgan fingerprint density at radius 2 is 1.94 bits per heavy atom. The predicted molar refractivity (Wildman–Crippen MR) is 81.9 cm³/mol. The van der Waals surface area contributed by atoms with E-state index in [0.717, 1.165) is 17.7 Å². The first-order valence-electron chi connectivity index (χ1n) is 6.32. The minimum Gasteiger partial charge on any atom is -0.394 e. The van der Waals surface area contributed by atoms with E-state index in [1.165, 1.54) is 12.8 Å². The molecule has 0 rings (SSSR count). The summed E-state index contributed by atoms with van der Waals surface area (Å²) in [5.41, 5.74) is 2.06. The van der Waals surface area contributed by atoms with Gasteiger partial charge in [-0.1, -0.05) is 26.0 Å². The molecule has 0 saturated carbocycles. The molecule has 0 heterocycles. The molecule has 0 aliphatic rings. The Morgan fingerprint density at radius 1 is 1.22 bits per heavy atom. The lowest BCUT2D eigenvalue weighted by Gasteiger charge is -2.02. The van der Waals surface area contributed by atoms with Crippen molar-refractivity contribution in [1.29, 1.82) is 0 Å². The first kappa shape index (κ1) is 16.2. The van der Waals surface area contributed by atoms with E-state index in [0.29, 0.717) is 0 Å². The second-order valence-electron chi connectivity index (χ2n) is 3.77. The van der Waals surface area contributed by atoms with Gasteiger partial charge in [-0.2, -0.15) is 0 Å². The highest BCUT2D eigenvalue weighted by Gasteiger charge is 1.94. The molecule has 0 aliphatic carbocycles. The van der Waals surface area contributed by atoms with E-state index in [-0.39, 0.29) is 0 Å². The Kier molecular flexibility index (Phi) is 10.6. The maximum Gasteiger partial charge on any atom is 0.0287 e. The number of nitrogens with zero attached hydrogens (tertiary/aromatic N) is 1. The molecular formula is C15H25N3. The van der Waals surface area contributed by atoms with Crippen LogP contribution in [0.25, 0.3) is 0 Å². The summed E-state index contributed by atoms with van der Waals surface area (Å²) in [5.74, 6) is 0. The molecule has 0 spiro atoms. The topological polar surface area (TPSA) is 36.4 Å². The highest BCUT2D eigenvalue weighted by atomic mass is 14.8. The Bertz CT molecular complexity index is 336. The molecular weight excluding hydrogens is 222 g/mol. The van der Waals surface area contributed by atoms with Gasteiger partial charge in [0.25, 0.3) is 0 Å². The molecule has 3 nitrogen and oxygen atoms in total. The van der Waals surface area contributed by atoms with Crippen LogP contribution in [0.2, 0.25) is 0 Å². The van der Waals surface area contributed by atoms with E-state index in [2.05, 4.69) is 29.1 Å². The molecule has 0 unspecified atom stereocenters. The molecule has 18 heavy (non-hydrogen) atoms. The zero-order valence-corrected chi connectivity index (χ0v) is 11.7. The second-order valence-corrected chi connectivity index (χ2v) is 3.77. The number of aliphatic imine (C=N–C) groups is 1. The van der Waals surface area contributed by atoms with Gasteiger partial charge in [-0.15, -0.1) is 0 Å². The van der Waals surface area contributed by atoms with Crippen molar-refractivity contribution < 1.29 is 0 Å². The van der Waals surface area contributed by atoms with Crippen molar-refractivity contribution in [3.05, 3.63) is 48.4 Å². The second kappa shape index (κ2) is 11.7. The minimum absolute atomic E-state index is 0.998. The quantitative estimate of drug-likeness (QED) is 0.373. The Morgan fingerprint density at radius 3 is 2.50 bits per heavy atom. The van der Waals surface area contributed by atoms with Crippen LogP contribution in [-0.2, 0) is 0 Å². The average Bonchev–Trinajstić information content (AvgIpc) is 2.39.